The number of hydrogen-bond acceptors (Lipinski definition) is 7. The van der Waals surface area contributed by atoms with Crippen molar-refractivity contribution in [1.29, 1.82) is 0 Å². The van der Waals surface area contributed by atoms with Crippen molar-refractivity contribution >= 4 is 38.5 Å². The number of rotatable bonds is 5. The number of hydrogen-bond donors (Lipinski definition) is 2. The number of anilines is 2. The van der Waals surface area contributed by atoms with E-state index in [-0.39, 0.29) is 16.9 Å². The largest absolute Gasteiger partial charge is 0.488 e. The normalized spacial score (nSPS) is 15.1. The van der Waals surface area contributed by atoms with Crippen LogP contribution in [0.5, 0.6) is 5.75 Å². The Morgan fingerprint density at radius 1 is 1.16 bits per heavy atom. The predicted molar refractivity (Wildman–Crippen MR) is 117 cm³/mol. The minimum absolute atomic E-state index is 0.0123. The first kappa shape index (κ1) is 21.0. The second-order valence-electron chi connectivity index (χ2n) is 7.41. The Morgan fingerprint density at radius 3 is 2.52 bits per heavy atom. The number of amides is 1. The summed E-state index contributed by atoms with van der Waals surface area (Å²) in [5.74, 6) is 1.11. The third-order valence-electron chi connectivity index (χ3n) is 5.19. The van der Waals surface area contributed by atoms with Crippen LogP contribution >= 0.6 is 0 Å². The lowest BCUT2D eigenvalue weighted by Crippen LogP contribution is -2.40. The molecule has 0 radical (unpaired) electrons. The summed E-state index contributed by atoms with van der Waals surface area (Å²) in [6, 6.07) is 11.7. The van der Waals surface area contributed by atoms with E-state index < -0.39 is 10.0 Å². The zero-order chi connectivity index (χ0) is 22.0. The SMILES string of the molecule is CC(=O)N1CCC(Oc2cccc3cnc(Nc4ccc(S(N)(=O)=O)cc4)nc23)CC1. The predicted octanol–water partition coefficient (Wildman–Crippen LogP) is 2.41. The molecule has 0 aliphatic carbocycles. The van der Waals surface area contributed by atoms with Gasteiger partial charge in [0.15, 0.2) is 0 Å². The van der Waals surface area contributed by atoms with Crippen molar-refractivity contribution in [2.45, 2.75) is 30.8 Å². The van der Waals surface area contributed by atoms with Crippen molar-refractivity contribution in [3.8, 4) is 5.75 Å². The molecule has 1 aromatic heterocycles. The van der Waals surface area contributed by atoms with Crippen molar-refractivity contribution < 1.29 is 17.9 Å². The van der Waals surface area contributed by atoms with Crippen LogP contribution in [0.3, 0.4) is 0 Å². The van der Waals surface area contributed by atoms with Crippen LogP contribution in [0.2, 0.25) is 0 Å². The first-order chi connectivity index (χ1) is 14.8. The van der Waals surface area contributed by atoms with Crippen LogP contribution < -0.4 is 15.2 Å². The van der Waals surface area contributed by atoms with Crippen LogP contribution in [-0.2, 0) is 14.8 Å². The quantitative estimate of drug-likeness (QED) is 0.622. The van der Waals surface area contributed by atoms with Crippen LogP contribution in [-0.4, -0.2) is 48.4 Å². The molecular formula is C21H23N5O4S. The number of ether oxygens (including phenoxy) is 1. The maximum Gasteiger partial charge on any atom is 0.238 e. The number of fused-ring (bicyclic) bond motifs is 1. The molecule has 4 rings (SSSR count). The lowest BCUT2D eigenvalue weighted by molar-refractivity contribution is -0.130. The van der Waals surface area contributed by atoms with Gasteiger partial charge in [0.1, 0.15) is 17.4 Å². The van der Waals surface area contributed by atoms with Gasteiger partial charge in [-0.2, -0.15) is 0 Å². The molecule has 1 saturated heterocycles. The molecule has 0 spiro atoms. The molecule has 0 bridgehead atoms. The number of para-hydroxylation sites is 1. The van der Waals surface area contributed by atoms with E-state index in [9.17, 15) is 13.2 Å². The maximum absolute atomic E-state index is 11.5. The molecule has 10 heteroatoms. The number of primary sulfonamides is 1. The number of sulfonamides is 1. The van der Waals surface area contributed by atoms with Crippen LogP contribution in [0.15, 0.2) is 53.6 Å². The van der Waals surface area contributed by atoms with Crippen LogP contribution in [0, 0.1) is 0 Å². The van der Waals surface area contributed by atoms with Gasteiger partial charge in [-0.05, 0) is 30.3 Å². The fourth-order valence-electron chi connectivity index (χ4n) is 3.51. The average Bonchev–Trinajstić information content (AvgIpc) is 2.74. The van der Waals surface area contributed by atoms with Gasteiger partial charge in [0.05, 0.1) is 4.90 Å². The van der Waals surface area contributed by atoms with Gasteiger partial charge >= 0.3 is 0 Å². The molecular weight excluding hydrogens is 418 g/mol. The second kappa shape index (κ2) is 8.48. The second-order valence-corrected chi connectivity index (χ2v) is 8.97. The third kappa shape index (κ3) is 4.92. The molecule has 3 aromatic rings. The van der Waals surface area contributed by atoms with Gasteiger partial charge in [-0.3, -0.25) is 4.79 Å². The Hall–Kier alpha value is -3.24. The molecule has 1 aliphatic heterocycles. The van der Waals surface area contributed by atoms with Crippen molar-refractivity contribution in [1.82, 2.24) is 14.9 Å². The summed E-state index contributed by atoms with van der Waals surface area (Å²) >= 11 is 0. The van der Waals surface area contributed by atoms with Crippen LogP contribution in [0.4, 0.5) is 11.6 Å². The van der Waals surface area contributed by atoms with E-state index in [0.717, 1.165) is 18.2 Å². The highest BCUT2D eigenvalue weighted by Gasteiger charge is 2.22. The van der Waals surface area contributed by atoms with Crippen molar-refractivity contribution in [3.63, 3.8) is 0 Å². The molecule has 0 saturated carbocycles. The molecule has 2 heterocycles. The van der Waals surface area contributed by atoms with Gasteiger partial charge in [-0.25, -0.2) is 23.5 Å². The number of nitrogens with two attached hydrogens (primary N) is 1. The highest BCUT2D eigenvalue weighted by molar-refractivity contribution is 7.89. The highest BCUT2D eigenvalue weighted by Crippen LogP contribution is 2.28. The number of carbonyl (C=O) groups excluding carboxylic acids is 1. The Morgan fingerprint density at radius 2 is 1.87 bits per heavy atom. The zero-order valence-corrected chi connectivity index (χ0v) is 17.8. The van der Waals surface area contributed by atoms with Gasteiger partial charge < -0.3 is 15.0 Å². The van der Waals surface area contributed by atoms with E-state index in [2.05, 4.69) is 15.3 Å². The maximum atomic E-state index is 11.5. The summed E-state index contributed by atoms with van der Waals surface area (Å²) in [5, 5.41) is 9.04. The van der Waals surface area contributed by atoms with Crippen molar-refractivity contribution in [2.75, 3.05) is 18.4 Å². The summed E-state index contributed by atoms with van der Waals surface area (Å²) in [4.78, 5) is 22.3. The summed E-state index contributed by atoms with van der Waals surface area (Å²) in [7, 11) is -3.75. The number of carbonyl (C=O) groups is 1. The Balaban J connectivity index is 1.53. The monoisotopic (exact) mass is 441 g/mol. The molecule has 1 aliphatic rings. The topological polar surface area (TPSA) is 128 Å². The third-order valence-corrected chi connectivity index (χ3v) is 6.12. The molecule has 31 heavy (non-hydrogen) atoms. The fourth-order valence-corrected chi connectivity index (χ4v) is 4.02. The summed E-state index contributed by atoms with van der Waals surface area (Å²) in [6.07, 6.45) is 3.25. The van der Waals surface area contributed by atoms with E-state index in [0.29, 0.717) is 36.0 Å². The standard InChI is InChI=1S/C21H23N5O4S/c1-14(27)26-11-9-17(10-12-26)30-19-4-2-3-15-13-23-21(25-20(15)19)24-16-5-7-18(8-6-16)31(22,28)29/h2-8,13,17H,9-12H2,1H3,(H2,22,28,29)(H,23,24,25). The molecule has 3 N–H and O–H groups in total. The molecule has 1 fully saturated rings. The first-order valence-corrected chi connectivity index (χ1v) is 11.4. The Labute approximate surface area is 180 Å². The molecule has 1 amide bonds. The van der Waals surface area contributed by atoms with Gasteiger partial charge in [0.2, 0.25) is 21.9 Å². The van der Waals surface area contributed by atoms with E-state index in [1.807, 2.05) is 23.1 Å². The van der Waals surface area contributed by atoms with E-state index >= 15 is 0 Å². The number of benzene rings is 2. The number of nitrogens with zero attached hydrogens (tertiary/aromatic N) is 3. The zero-order valence-electron chi connectivity index (χ0n) is 17.0. The smallest absolute Gasteiger partial charge is 0.238 e. The minimum atomic E-state index is -3.75. The highest BCUT2D eigenvalue weighted by atomic mass is 32.2. The van der Waals surface area contributed by atoms with Gasteiger partial charge in [0, 0.05) is 50.1 Å². The number of piperidine rings is 1. The first-order valence-electron chi connectivity index (χ1n) is 9.87. The average molecular weight is 442 g/mol. The molecule has 162 valence electrons. The minimum Gasteiger partial charge on any atom is -0.488 e. The lowest BCUT2D eigenvalue weighted by atomic mass is 10.1. The van der Waals surface area contributed by atoms with Crippen LogP contribution in [0.1, 0.15) is 19.8 Å². The number of likely N-dealkylation sites (tertiary alicyclic amines) is 1. The Bertz CT molecular complexity index is 1210. The molecule has 2 aromatic carbocycles. The van der Waals surface area contributed by atoms with E-state index in [1.54, 1.807) is 25.3 Å². The molecule has 9 nitrogen and oxygen atoms in total. The van der Waals surface area contributed by atoms with E-state index in [1.165, 1.54) is 12.1 Å². The summed E-state index contributed by atoms with van der Waals surface area (Å²) in [6.45, 7) is 2.95. The summed E-state index contributed by atoms with van der Waals surface area (Å²) < 4.78 is 29.0. The van der Waals surface area contributed by atoms with Gasteiger partial charge in [0.25, 0.3) is 0 Å². The Kier molecular flexibility index (Phi) is 5.75. The summed E-state index contributed by atoms with van der Waals surface area (Å²) in [5.41, 5.74) is 1.30. The number of nitrogens with one attached hydrogen (secondary N) is 1. The van der Waals surface area contributed by atoms with Crippen molar-refractivity contribution in [3.05, 3.63) is 48.7 Å². The fraction of sp³-hybridized carbons (Fsp3) is 0.286. The molecule has 0 atom stereocenters. The molecule has 0 unspecified atom stereocenters. The van der Waals surface area contributed by atoms with Gasteiger partial charge in [-0.15, -0.1) is 0 Å². The van der Waals surface area contributed by atoms with Gasteiger partial charge in [-0.1, -0.05) is 12.1 Å². The van der Waals surface area contributed by atoms with E-state index in [4.69, 9.17) is 9.88 Å². The van der Waals surface area contributed by atoms with Crippen molar-refractivity contribution in [2.24, 2.45) is 5.14 Å². The lowest BCUT2D eigenvalue weighted by Gasteiger charge is -2.31. The number of aromatic nitrogens is 2. The van der Waals surface area contributed by atoms with Crippen LogP contribution in [0.25, 0.3) is 10.9 Å².